The topological polar surface area (TPSA) is 24.7 Å². The Morgan fingerprint density at radius 2 is 2.33 bits per heavy atom. The van der Waals surface area contributed by atoms with Gasteiger partial charge in [0.1, 0.15) is 0 Å². The summed E-state index contributed by atoms with van der Waals surface area (Å²) >= 11 is 0. The highest BCUT2D eigenvalue weighted by molar-refractivity contribution is 5.67. The normalized spacial score (nSPS) is 34.6. The molecule has 0 fully saturated rings. The van der Waals surface area contributed by atoms with Gasteiger partial charge in [0.2, 0.25) is 0 Å². The Bertz CT molecular complexity index is 127. The number of hydrogen-bond donors (Lipinski definition) is 0. The molecule has 0 aromatic heterocycles. The highest BCUT2D eigenvalue weighted by Crippen LogP contribution is 1.99. The average Bonchev–Trinajstić information content (AvgIpc) is 1.79. The van der Waals surface area contributed by atoms with E-state index in [1.54, 1.807) is 0 Å². The first kappa shape index (κ1) is 6.46. The first-order valence-electron chi connectivity index (χ1n) is 3.38. The molecule has 0 radical (unpaired) electrons. The van der Waals surface area contributed by atoms with Crippen molar-refractivity contribution in [3.05, 3.63) is 0 Å². The zero-order valence-electron chi connectivity index (χ0n) is 5.75. The van der Waals surface area contributed by atoms with Gasteiger partial charge in [0, 0.05) is 19.0 Å². The molecule has 1 rings (SSSR count). The minimum Gasteiger partial charge on any atom is -0.296 e. The van der Waals surface area contributed by atoms with Gasteiger partial charge in [-0.3, -0.25) is 9.98 Å². The molecular formula is C7H12N2. The van der Waals surface area contributed by atoms with Crippen molar-refractivity contribution in [3.8, 4) is 0 Å². The molecular weight excluding hydrogens is 112 g/mol. The molecule has 1 unspecified atom stereocenters. The fraction of sp³-hybridized carbons (Fsp3) is 0.714. The van der Waals surface area contributed by atoms with Gasteiger partial charge in [-0.25, -0.2) is 0 Å². The van der Waals surface area contributed by atoms with E-state index in [1.807, 2.05) is 12.4 Å². The van der Waals surface area contributed by atoms with Crippen molar-refractivity contribution >= 4 is 12.4 Å². The fourth-order valence-electron chi connectivity index (χ4n) is 0.790. The van der Waals surface area contributed by atoms with Gasteiger partial charge in [0.15, 0.2) is 0 Å². The van der Waals surface area contributed by atoms with E-state index in [1.165, 1.54) is 0 Å². The van der Waals surface area contributed by atoms with Crippen LogP contribution in [0.5, 0.6) is 0 Å². The summed E-state index contributed by atoms with van der Waals surface area (Å²) in [6.45, 7) is 3.90. The zero-order valence-corrected chi connectivity index (χ0v) is 5.75. The van der Waals surface area contributed by atoms with E-state index in [4.69, 9.17) is 0 Å². The number of nitrogens with zero attached hydrogens (tertiary/aromatic N) is 2. The standard InChI is InChI=1S/C7H12N2/c1-7-2-3-8-4-5-9-6-7/h4,6-7H,2-3,5H2,1H3/b8-4-,9-6-. The summed E-state index contributed by atoms with van der Waals surface area (Å²) in [5.74, 6) is 0.613. The lowest BCUT2D eigenvalue weighted by molar-refractivity contribution is 0.701. The maximum absolute atomic E-state index is 4.14. The van der Waals surface area contributed by atoms with E-state index >= 15 is 0 Å². The van der Waals surface area contributed by atoms with E-state index < -0.39 is 0 Å². The van der Waals surface area contributed by atoms with Crippen LogP contribution < -0.4 is 0 Å². The molecule has 0 aromatic rings. The highest BCUT2D eigenvalue weighted by Gasteiger charge is 1.96. The maximum Gasteiger partial charge on any atom is 0.0734 e. The van der Waals surface area contributed by atoms with Crippen LogP contribution in [0, 0.1) is 5.92 Å². The Kier molecular flexibility index (Phi) is 2.43. The molecule has 1 aliphatic rings. The summed E-state index contributed by atoms with van der Waals surface area (Å²) in [4.78, 5) is 8.28. The van der Waals surface area contributed by atoms with Crippen LogP contribution in [0.15, 0.2) is 9.98 Å². The van der Waals surface area contributed by atoms with E-state index in [9.17, 15) is 0 Å². The Morgan fingerprint density at radius 1 is 1.44 bits per heavy atom. The predicted octanol–water partition coefficient (Wildman–Crippen LogP) is 1.17. The van der Waals surface area contributed by atoms with Crippen molar-refractivity contribution in [2.45, 2.75) is 13.3 Å². The van der Waals surface area contributed by atoms with Gasteiger partial charge < -0.3 is 0 Å². The molecule has 2 heteroatoms. The van der Waals surface area contributed by atoms with Crippen LogP contribution >= 0.6 is 0 Å². The number of rotatable bonds is 0. The largest absolute Gasteiger partial charge is 0.296 e. The quantitative estimate of drug-likeness (QED) is 0.463. The predicted molar refractivity (Wildman–Crippen MR) is 40.5 cm³/mol. The zero-order chi connectivity index (χ0) is 6.53. The highest BCUT2D eigenvalue weighted by atomic mass is 14.8. The summed E-state index contributed by atoms with van der Waals surface area (Å²) in [7, 11) is 0. The second kappa shape index (κ2) is 3.38. The third-order valence-electron chi connectivity index (χ3n) is 1.39. The minimum absolute atomic E-state index is 0.613. The van der Waals surface area contributed by atoms with Crippen LogP contribution in [0.4, 0.5) is 0 Å². The average molecular weight is 124 g/mol. The maximum atomic E-state index is 4.14. The van der Waals surface area contributed by atoms with Gasteiger partial charge in [-0.1, -0.05) is 6.92 Å². The summed E-state index contributed by atoms with van der Waals surface area (Å²) < 4.78 is 0. The van der Waals surface area contributed by atoms with Gasteiger partial charge >= 0.3 is 0 Å². The van der Waals surface area contributed by atoms with Gasteiger partial charge in [-0.15, -0.1) is 0 Å². The van der Waals surface area contributed by atoms with Crippen LogP contribution in [-0.4, -0.2) is 25.5 Å². The van der Waals surface area contributed by atoms with Crippen LogP contribution in [0.3, 0.4) is 0 Å². The molecule has 1 aliphatic heterocycles. The lowest BCUT2D eigenvalue weighted by Crippen LogP contribution is -2.02. The molecule has 50 valence electrons. The Hall–Kier alpha value is -0.660. The summed E-state index contributed by atoms with van der Waals surface area (Å²) in [5, 5.41) is 0. The smallest absolute Gasteiger partial charge is 0.0734 e. The molecule has 2 nitrogen and oxygen atoms in total. The van der Waals surface area contributed by atoms with E-state index in [2.05, 4.69) is 16.9 Å². The van der Waals surface area contributed by atoms with Gasteiger partial charge in [-0.05, 0) is 12.3 Å². The Labute approximate surface area is 55.7 Å². The molecule has 0 saturated heterocycles. The number of aliphatic imine (C=N–C) groups is 2. The van der Waals surface area contributed by atoms with Gasteiger partial charge in [0.25, 0.3) is 0 Å². The third-order valence-corrected chi connectivity index (χ3v) is 1.39. The molecule has 0 spiro atoms. The summed E-state index contributed by atoms with van der Waals surface area (Å²) in [6.07, 6.45) is 5.04. The van der Waals surface area contributed by atoms with Crippen LogP contribution in [-0.2, 0) is 0 Å². The Morgan fingerprint density at radius 3 is 3.22 bits per heavy atom. The molecule has 0 amide bonds. The third kappa shape index (κ3) is 2.40. The number of hydrogen-bond acceptors (Lipinski definition) is 2. The van der Waals surface area contributed by atoms with Crippen LogP contribution in [0.2, 0.25) is 0 Å². The minimum atomic E-state index is 0.613. The molecule has 0 N–H and O–H groups in total. The van der Waals surface area contributed by atoms with E-state index in [0.29, 0.717) is 5.92 Å². The van der Waals surface area contributed by atoms with Gasteiger partial charge in [0.05, 0.1) is 6.54 Å². The molecule has 0 aliphatic carbocycles. The second-order valence-corrected chi connectivity index (χ2v) is 2.37. The van der Waals surface area contributed by atoms with Crippen LogP contribution in [0.25, 0.3) is 0 Å². The monoisotopic (exact) mass is 124 g/mol. The van der Waals surface area contributed by atoms with Crippen molar-refractivity contribution in [2.24, 2.45) is 15.9 Å². The molecule has 9 heavy (non-hydrogen) atoms. The van der Waals surface area contributed by atoms with Crippen LogP contribution in [0.1, 0.15) is 13.3 Å². The lowest BCUT2D eigenvalue weighted by Gasteiger charge is -2.03. The molecule has 0 saturated carbocycles. The van der Waals surface area contributed by atoms with Crippen molar-refractivity contribution in [1.29, 1.82) is 0 Å². The first-order valence-corrected chi connectivity index (χ1v) is 3.38. The molecule has 0 aromatic carbocycles. The van der Waals surface area contributed by atoms with Crippen molar-refractivity contribution in [3.63, 3.8) is 0 Å². The van der Waals surface area contributed by atoms with Crippen molar-refractivity contribution in [1.82, 2.24) is 0 Å². The van der Waals surface area contributed by atoms with Gasteiger partial charge in [-0.2, -0.15) is 0 Å². The van der Waals surface area contributed by atoms with E-state index in [-0.39, 0.29) is 0 Å². The molecule has 0 bridgehead atoms. The fourth-order valence-corrected chi connectivity index (χ4v) is 0.790. The van der Waals surface area contributed by atoms with Crippen molar-refractivity contribution in [2.75, 3.05) is 13.1 Å². The SMILES string of the molecule is CC1/C=N\C/C=N\CC1. The van der Waals surface area contributed by atoms with Crippen molar-refractivity contribution < 1.29 is 0 Å². The second-order valence-electron chi connectivity index (χ2n) is 2.37. The lowest BCUT2D eigenvalue weighted by atomic mass is 10.1. The first-order chi connectivity index (χ1) is 4.39. The summed E-state index contributed by atoms with van der Waals surface area (Å²) in [6, 6.07) is 0. The molecule has 1 atom stereocenters. The van der Waals surface area contributed by atoms with E-state index in [0.717, 1.165) is 19.5 Å². The summed E-state index contributed by atoms with van der Waals surface area (Å²) in [5.41, 5.74) is 0. The Balaban J connectivity index is 2.40. The molecule has 1 heterocycles.